The van der Waals surface area contributed by atoms with Gasteiger partial charge in [0.25, 0.3) is 10.0 Å². The summed E-state index contributed by atoms with van der Waals surface area (Å²) in [7, 11) is -3.94. The van der Waals surface area contributed by atoms with E-state index < -0.39 is 20.9 Å². The van der Waals surface area contributed by atoms with Gasteiger partial charge in [0.1, 0.15) is 0 Å². The molecule has 112 valence electrons. The van der Waals surface area contributed by atoms with Crippen molar-refractivity contribution in [3.8, 4) is 0 Å². The Hall–Kier alpha value is -1.79. The first-order chi connectivity index (χ1) is 10.1. The number of benzene rings is 1. The van der Waals surface area contributed by atoms with Crippen LogP contribution in [0.2, 0.25) is 0 Å². The van der Waals surface area contributed by atoms with Crippen LogP contribution in [-0.2, 0) is 16.6 Å². The van der Waals surface area contributed by atoms with Gasteiger partial charge in [-0.05, 0) is 24.1 Å². The van der Waals surface area contributed by atoms with Crippen molar-refractivity contribution in [1.29, 1.82) is 0 Å². The highest BCUT2D eigenvalue weighted by Gasteiger charge is 2.28. The third-order valence-corrected chi connectivity index (χ3v) is 4.76. The van der Waals surface area contributed by atoms with E-state index >= 15 is 0 Å². The summed E-state index contributed by atoms with van der Waals surface area (Å²) in [5, 5.41) is -0.519. The zero-order chi connectivity index (χ0) is 15.3. The third kappa shape index (κ3) is 3.65. The van der Waals surface area contributed by atoms with Crippen molar-refractivity contribution >= 4 is 10.0 Å². The number of aromatic nitrogens is 1. The van der Waals surface area contributed by atoms with Crippen LogP contribution in [0.5, 0.6) is 0 Å². The van der Waals surface area contributed by atoms with Crippen molar-refractivity contribution < 1.29 is 12.8 Å². The Kier molecular flexibility index (Phi) is 5.03. The quantitative estimate of drug-likeness (QED) is 0.824. The summed E-state index contributed by atoms with van der Waals surface area (Å²) >= 11 is 0. The predicted molar refractivity (Wildman–Crippen MR) is 78.5 cm³/mol. The number of halogens is 1. The maximum atomic E-state index is 13.8. The predicted octanol–water partition coefficient (Wildman–Crippen LogP) is 2.82. The summed E-state index contributed by atoms with van der Waals surface area (Å²) in [4.78, 5) is 3.69. The Morgan fingerprint density at radius 1 is 1.14 bits per heavy atom. The number of pyridine rings is 1. The minimum absolute atomic E-state index is 0.201. The molecule has 0 saturated carbocycles. The first kappa shape index (κ1) is 15.6. The lowest BCUT2D eigenvalue weighted by Crippen LogP contribution is -2.32. The summed E-state index contributed by atoms with van der Waals surface area (Å²) in [5.41, 5.74) is 0.853. The van der Waals surface area contributed by atoms with Gasteiger partial charge in [0, 0.05) is 19.3 Å². The second kappa shape index (κ2) is 6.78. The highest BCUT2D eigenvalue weighted by molar-refractivity contribution is 7.89. The number of nitrogens with zero attached hydrogens (tertiary/aromatic N) is 2. The van der Waals surface area contributed by atoms with Gasteiger partial charge in [0.05, 0.1) is 0 Å². The van der Waals surface area contributed by atoms with E-state index in [1.54, 1.807) is 0 Å². The SMILES string of the molecule is CCCN(Cc1ccccc1)S(=O)(=O)c1ncccc1F. The van der Waals surface area contributed by atoms with Crippen LogP contribution in [0.1, 0.15) is 18.9 Å². The fraction of sp³-hybridized carbons (Fsp3) is 0.267. The van der Waals surface area contributed by atoms with E-state index in [9.17, 15) is 12.8 Å². The smallest absolute Gasteiger partial charge is 0.241 e. The molecule has 21 heavy (non-hydrogen) atoms. The average Bonchev–Trinajstić information content (AvgIpc) is 2.48. The van der Waals surface area contributed by atoms with Crippen molar-refractivity contribution in [1.82, 2.24) is 9.29 Å². The Morgan fingerprint density at radius 2 is 1.86 bits per heavy atom. The Balaban J connectivity index is 2.35. The Labute approximate surface area is 124 Å². The van der Waals surface area contributed by atoms with E-state index in [-0.39, 0.29) is 6.54 Å². The molecule has 0 aliphatic heterocycles. The van der Waals surface area contributed by atoms with Gasteiger partial charge in [-0.3, -0.25) is 0 Å². The van der Waals surface area contributed by atoms with Crippen LogP contribution < -0.4 is 0 Å². The van der Waals surface area contributed by atoms with E-state index in [1.807, 2.05) is 37.3 Å². The fourth-order valence-electron chi connectivity index (χ4n) is 2.00. The van der Waals surface area contributed by atoms with Crippen molar-refractivity contribution in [2.75, 3.05) is 6.54 Å². The largest absolute Gasteiger partial charge is 0.263 e. The highest BCUT2D eigenvalue weighted by Crippen LogP contribution is 2.19. The fourth-order valence-corrected chi connectivity index (χ4v) is 3.50. The van der Waals surface area contributed by atoms with Gasteiger partial charge in [-0.25, -0.2) is 17.8 Å². The molecule has 0 aliphatic rings. The molecule has 1 aromatic heterocycles. The molecule has 2 rings (SSSR count). The molecular weight excluding hydrogens is 291 g/mol. The topological polar surface area (TPSA) is 50.3 Å². The van der Waals surface area contributed by atoms with Gasteiger partial charge in [0.15, 0.2) is 5.82 Å². The first-order valence-corrected chi connectivity index (χ1v) is 8.14. The molecule has 0 unspecified atom stereocenters. The lowest BCUT2D eigenvalue weighted by atomic mass is 10.2. The molecule has 0 N–H and O–H groups in total. The lowest BCUT2D eigenvalue weighted by molar-refractivity contribution is 0.399. The number of sulfonamides is 1. The van der Waals surface area contributed by atoms with E-state index in [1.165, 1.54) is 16.6 Å². The van der Waals surface area contributed by atoms with Crippen LogP contribution in [0.4, 0.5) is 4.39 Å². The molecule has 0 amide bonds. The van der Waals surface area contributed by atoms with E-state index in [0.717, 1.165) is 11.6 Å². The molecule has 2 aromatic rings. The molecule has 4 nitrogen and oxygen atoms in total. The van der Waals surface area contributed by atoms with Gasteiger partial charge in [-0.1, -0.05) is 37.3 Å². The molecule has 0 spiro atoms. The summed E-state index contributed by atoms with van der Waals surface area (Å²) < 4.78 is 40.2. The zero-order valence-electron chi connectivity index (χ0n) is 11.7. The second-order valence-electron chi connectivity index (χ2n) is 4.61. The summed E-state index contributed by atoms with van der Waals surface area (Å²) in [6, 6.07) is 11.7. The molecule has 0 fully saturated rings. The molecule has 6 heteroatoms. The van der Waals surface area contributed by atoms with Crippen LogP contribution in [0.15, 0.2) is 53.7 Å². The average molecular weight is 308 g/mol. The normalized spacial score (nSPS) is 11.8. The van der Waals surface area contributed by atoms with E-state index in [0.29, 0.717) is 13.0 Å². The van der Waals surface area contributed by atoms with Gasteiger partial charge in [-0.15, -0.1) is 0 Å². The molecular formula is C15H17FN2O2S. The van der Waals surface area contributed by atoms with Crippen molar-refractivity contribution in [3.63, 3.8) is 0 Å². The first-order valence-electron chi connectivity index (χ1n) is 6.70. The molecule has 0 radical (unpaired) electrons. The van der Waals surface area contributed by atoms with Crippen molar-refractivity contribution in [3.05, 3.63) is 60.0 Å². The molecule has 1 aromatic carbocycles. The molecule has 0 bridgehead atoms. The maximum absolute atomic E-state index is 13.8. The van der Waals surface area contributed by atoms with Crippen LogP contribution in [0.3, 0.4) is 0 Å². The van der Waals surface area contributed by atoms with Gasteiger partial charge in [-0.2, -0.15) is 4.31 Å². The standard InChI is InChI=1S/C15H17FN2O2S/c1-2-11-18(12-13-7-4-3-5-8-13)21(19,20)15-14(16)9-6-10-17-15/h3-10H,2,11-12H2,1H3. The number of rotatable bonds is 6. The molecule has 0 atom stereocenters. The molecule has 0 saturated heterocycles. The monoisotopic (exact) mass is 308 g/mol. The van der Waals surface area contributed by atoms with E-state index in [2.05, 4.69) is 4.98 Å². The maximum Gasteiger partial charge on any atom is 0.263 e. The van der Waals surface area contributed by atoms with Crippen LogP contribution in [0.25, 0.3) is 0 Å². The van der Waals surface area contributed by atoms with Crippen LogP contribution in [0, 0.1) is 5.82 Å². The molecule has 1 heterocycles. The van der Waals surface area contributed by atoms with Crippen LogP contribution >= 0.6 is 0 Å². The Morgan fingerprint density at radius 3 is 2.48 bits per heavy atom. The zero-order valence-corrected chi connectivity index (χ0v) is 12.6. The second-order valence-corrected chi connectivity index (χ2v) is 6.47. The summed E-state index contributed by atoms with van der Waals surface area (Å²) in [5.74, 6) is -0.827. The summed E-state index contributed by atoms with van der Waals surface area (Å²) in [6.07, 6.45) is 1.92. The number of hydrogen-bond acceptors (Lipinski definition) is 3. The third-order valence-electron chi connectivity index (χ3n) is 2.98. The minimum Gasteiger partial charge on any atom is -0.241 e. The van der Waals surface area contributed by atoms with Crippen molar-refractivity contribution in [2.45, 2.75) is 24.9 Å². The summed E-state index contributed by atoms with van der Waals surface area (Å²) in [6.45, 7) is 2.39. The van der Waals surface area contributed by atoms with Gasteiger partial charge >= 0.3 is 0 Å². The lowest BCUT2D eigenvalue weighted by Gasteiger charge is -2.21. The van der Waals surface area contributed by atoms with E-state index in [4.69, 9.17) is 0 Å². The van der Waals surface area contributed by atoms with Gasteiger partial charge in [0.2, 0.25) is 5.03 Å². The van der Waals surface area contributed by atoms with Gasteiger partial charge < -0.3 is 0 Å². The highest BCUT2D eigenvalue weighted by atomic mass is 32.2. The minimum atomic E-state index is -3.94. The van der Waals surface area contributed by atoms with Crippen LogP contribution in [-0.4, -0.2) is 24.3 Å². The Bertz CT molecular complexity index is 690. The number of hydrogen-bond donors (Lipinski definition) is 0. The van der Waals surface area contributed by atoms with Crippen molar-refractivity contribution in [2.24, 2.45) is 0 Å². The molecule has 0 aliphatic carbocycles.